The normalized spacial score (nSPS) is 22.4. The van der Waals surface area contributed by atoms with Crippen molar-refractivity contribution in [3.63, 3.8) is 0 Å². The molecule has 0 atom stereocenters. The van der Waals surface area contributed by atoms with E-state index in [1.54, 1.807) is 0 Å². The molecule has 0 spiro atoms. The Kier molecular flexibility index (Phi) is 4.31. The second-order valence-corrected chi connectivity index (χ2v) is 5.90. The van der Waals surface area contributed by atoms with Crippen LogP contribution in [-0.4, -0.2) is 52.1 Å². The highest BCUT2D eigenvalue weighted by atomic mass is 19.3. The molecular weight excluding hydrogens is 262 g/mol. The summed E-state index contributed by atoms with van der Waals surface area (Å²) >= 11 is 0. The van der Waals surface area contributed by atoms with Crippen molar-refractivity contribution in [2.45, 2.75) is 32.4 Å². The summed E-state index contributed by atoms with van der Waals surface area (Å²) in [5.41, 5.74) is 0. The fraction of sp³-hybridized carbons (Fsp3) is 0.786. The summed E-state index contributed by atoms with van der Waals surface area (Å²) in [7, 11) is 0. The van der Waals surface area contributed by atoms with Crippen LogP contribution in [-0.2, 0) is 6.54 Å². The first-order valence-corrected chi connectivity index (χ1v) is 7.47. The van der Waals surface area contributed by atoms with Gasteiger partial charge < -0.3 is 4.90 Å². The van der Waals surface area contributed by atoms with Crippen LogP contribution in [0.15, 0.2) is 12.4 Å². The van der Waals surface area contributed by atoms with Crippen LogP contribution in [0, 0.1) is 5.92 Å². The molecule has 20 heavy (non-hydrogen) atoms. The molecule has 3 rings (SSSR count). The largest absolute Gasteiger partial charge is 0.319 e. The average molecular weight is 284 g/mol. The number of alkyl halides is 2. The number of nitrogens with zero attached hydrogens (tertiary/aromatic N) is 4. The molecule has 2 heterocycles. The number of rotatable bonds is 5. The van der Waals surface area contributed by atoms with Crippen LogP contribution in [0.25, 0.3) is 0 Å². The lowest BCUT2D eigenvalue weighted by molar-refractivity contribution is 0.0585. The Hall–Kier alpha value is -1.01. The van der Waals surface area contributed by atoms with Crippen LogP contribution in [0.2, 0.25) is 0 Å². The van der Waals surface area contributed by atoms with E-state index in [-0.39, 0.29) is 0 Å². The minimum atomic E-state index is -2.49. The third kappa shape index (κ3) is 3.17. The summed E-state index contributed by atoms with van der Waals surface area (Å²) in [5, 5.41) is 0. The van der Waals surface area contributed by atoms with Gasteiger partial charge in [-0.3, -0.25) is 9.47 Å². The molecule has 0 radical (unpaired) electrons. The quantitative estimate of drug-likeness (QED) is 0.828. The van der Waals surface area contributed by atoms with Crippen molar-refractivity contribution in [1.29, 1.82) is 0 Å². The smallest absolute Gasteiger partial charge is 0.301 e. The van der Waals surface area contributed by atoms with Crippen molar-refractivity contribution >= 4 is 0 Å². The van der Waals surface area contributed by atoms with Crippen molar-refractivity contribution in [2.24, 2.45) is 5.92 Å². The lowest BCUT2D eigenvalue weighted by Crippen LogP contribution is -2.48. The van der Waals surface area contributed by atoms with Crippen molar-refractivity contribution in [2.75, 3.05) is 32.7 Å². The van der Waals surface area contributed by atoms with Crippen LogP contribution in [0.1, 0.15) is 31.6 Å². The fourth-order valence-corrected chi connectivity index (χ4v) is 3.01. The molecular formula is C14H22F2N4. The summed E-state index contributed by atoms with van der Waals surface area (Å²) in [6.07, 6.45) is 6.96. The predicted octanol–water partition coefficient (Wildman–Crippen LogP) is 2.20. The SMILES string of the molecule is FC(F)n1ccnc1CN1CCN(CC2CCC2)CC1. The molecule has 0 bridgehead atoms. The monoisotopic (exact) mass is 284 g/mol. The minimum Gasteiger partial charge on any atom is -0.301 e. The summed E-state index contributed by atoms with van der Waals surface area (Å²) < 4.78 is 26.5. The van der Waals surface area contributed by atoms with Crippen LogP contribution in [0.3, 0.4) is 0 Å². The van der Waals surface area contributed by atoms with Gasteiger partial charge in [-0.1, -0.05) is 6.42 Å². The topological polar surface area (TPSA) is 24.3 Å². The van der Waals surface area contributed by atoms with Crippen molar-refractivity contribution in [3.8, 4) is 0 Å². The second-order valence-electron chi connectivity index (χ2n) is 5.90. The number of imidazole rings is 1. The summed E-state index contributed by atoms with van der Waals surface area (Å²) in [5.74, 6) is 1.37. The summed E-state index contributed by atoms with van der Waals surface area (Å²) in [6, 6.07) is 0. The Labute approximate surface area is 118 Å². The number of aromatic nitrogens is 2. The molecule has 2 fully saturated rings. The van der Waals surface area contributed by atoms with Gasteiger partial charge in [0.2, 0.25) is 0 Å². The summed E-state index contributed by atoms with van der Waals surface area (Å²) in [4.78, 5) is 8.78. The van der Waals surface area contributed by atoms with E-state index in [9.17, 15) is 8.78 Å². The highest BCUT2D eigenvalue weighted by Crippen LogP contribution is 2.27. The molecule has 0 unspecified atom stereocenters. The standard InChI is InChI=1S/C14H22F2N4/c15-14(16)20-5-4-17-13(20)11-19-8-6-18(7-9-19)10-12-2-1-3-12/h4-5,12,14H,1-3,6-11H2. The molecule has 1 saturated heterocycles. The third-order valence-corrected chi connectivity index (χ3v) is 4.53. The minimum absolute atomic E-state index is 0.465. The van der Waals surface area contributed by atoms with E-state index in [0.717, 1.165) is 36.7 Å². The van der Waals surface area contributed by atoms with Gasteiger partial charge >= 0.3 is 6.55 Å². The zero-order chi connectivity index (χ0) is 13.9. The molecule has 0 amide bonds. The Balaban J connectivity index is 1.47. The molecule has 6 heteroatoms. The average Bonchev–Trinajstić information content (AvgIpc) is 2.84. The Morgan fingerprint density at radius 3 is 2.45 bits per heavy atom. The third-order valence-electron chi connectivity index (χ3n) is 4.53. The zero-order valence-electron chi connectivity index (χ0n) is 11.7. The van der Waals surface area contributed by atoms with Gasteiger partial charge in [0.15, 0.2) is 0 Å². The molecule has 2 aliphatic rings. The van der Waals surface area contributed by atoms with E-state index in [1.807, 2.05) is 0 Å². The molecule has 1 aliphatic heterocycles. The van der Waals surface area contributed by atoms with Gasteiger partial charge in [-0.25, -0.2) is 4.98 Å². The van der Waals surface area contributed by atoms with Crippen molar-refractivity contribution < 1.29 is 8.78 Å². The number of piperazine rings is 1. The molecule has 4 nitrogen and oxygen atoms in total. The van der Waals surface area contributed by atoms with Gasteiger partial charge in [0.05, 0.1) is 6.54 Å². The Morgan fingerprint density at radius 1 is 1.15 bits per heavy atom. The maximum atomic E-state index is 12.8. The van der Waals surface area contributed by atoms with Crippen LogP contribution < -0.4 is 0 Å². The maximum absolute atomic E-state index is 12.8. The lowest BCUT2D eigenvalue weighted by Gasteiger charge is -2.38. The van der Waals surface area contributed by atoms with E-state index in [1.165, 1.54) is 38.2 Å². The first kappa shape index (κ1) is 13.9. The van der Waals surface area contributed by atoms with Crippen molar-refractivity contribution in [1.82, 2.24) is 19.4 Å². The zero-order valence-corrected chi connectivity index (χ0v) is 11.7. The van der Waals surface area contributed by atoms with Gasteiger partial charge in [0.1, 0.15) is 5.82 Å². The van der Waals surface area contributed by atoms with E-state index in [2.05, 4.69) is 14.8 Å². The maximum Gasteiger partial charge on any atom is 0.319 e. The molecule has 0 aromatic carbocycles. The molecule has 1 aliphatic carbocycles. The Morgan fingerprint density at radius 2 is 1.85 bits per heavy atom. The van der Waals surface area contributed by atoms with Gasteiger partial charge in [-0.15, -0.1) is 0 Å². The summed E-state index contributed by atoms with van der Waals surface area (Å²) in [6.45, 7) is 3.24. The van der Waals surface area contributed by atoms with Gasteiger partial charge in [-0.2, -0.15) is 8.78 Å². The van der Waals surface area contributed by atoms with Gasteiger partial charge in [-0.05, 0) is 18.8 Å². The predicted molar refractivity (Wildman–Crippen MR) is 72.5 cm³/mol. The van der Waals surface area contributed by atoms with Crippen LogP contribution in [0.5, 0.6) is 0 Å². The van der Waals surface area contributed by atoms with Gasteiger partial charge in [0.25, 0.3) is 0 Å². The highest BCUT2D eigenvalue weighted by Gasteiger charge is 2.24. The second kappa shape index (κ2) is 6.18. The highest BCUT2D eigenvalue weighted by molar-refractivity contribution is 4.93. The van der Waals surface area contributed by atoms with Crippen LogP contribution >= 0.6 is 0 Å². The number of hydrogen-bond acceptors (Lipinski definition) is 3. The fourth-order valence-electron chi connectivity index (χ4n) is 3.01. The molecule has 1 aromatic heterocycles. The van der Waals surface area contributed by atoms with E-state index in [4.69, 9.17) is 0 Å². The van der Waals surface area contributed by atoms with E-state index >= 15 is 0 Å². The van der Waals surface area contributed by atoms with Crippen molar-refractivity contribution in [3.05, 3.63) is 18.2 Å². The molecule has 112 valence electrons. The Bertz CT molecular complexity index is 423. The first-order valence-electron chi connectivity index (χ1n) is 7.47. The lowest BCUT2D eigenvalue weighted by atomic mass is 9.85. The van der Waals surface area contributed by atoms with Gasteiger partial charge in [0, 0.05) is 45.1 Å². The van der Waals surface area contributed by atoms with E-state index < -0.39 is 6.55 Å². The number of hydrogen-bond donors (Lipinski definition) is 0. The van der Waals surface area contributed by atoms with Crippen LogP contribution in [0.4, 0.5) is 8.78 Å². The van der Waals surface area contributed by atoms with E-state index in [0.29, 0.717) is 12.4 Å². The number of halogens is 2. The molecule has 0 N–H and O–H groups in total. The molecule has 1 aromatic rings. The molecule has 1 saturated carbocycles. The first-order chi connectivity index (χ1) is 9.72.